The van der Waals surface area contributed by atoms with E-state index < -0.39 is 0 Å². The highest BCUT2D eigenvalue weighted by Gasteiger charge is 2.33. The van der Waals surface area contributed by atoms with E-state index in [9.17, 15) is 0 Å². The van der Waals surface area contributed by atoms with Gasteiger partial charge in [-0.25, -0.2) is 10.0 Å². The maximum atomic E-state index is 2.24. The smallest absolute Gasteiger partial charge is 0.0395 e. The first-order valence-electron chi connectivity index (χ1n) is 4.39. The van der Waals surface area contributed by atoms with E-state index in [-0.39, 0.29) is 0 Å². The second kappa shape index (κ2) is 3.30. The van der Waals surface area contributed by atoms with Crippen LogP contribution in [0.5, 0.6) is 0 Å². The first-order valence-corrected chi connectivity index (χ1v) is 4.39. The fraction of sp³-hybridized carbons (Fsp3) is 1.00. The third kappa shape index (κ3) is 1.35. The van der Waals surface area contributed by atoms with Gasteiger partial charge in [0.2, 0.25) is 0 Å². The van der Waals surface area contributed by atoms with Crippen LogP contribution in [0.15, 0.2) is 0 Å². The quantitative estimate of drug-likeness (QED) is 0.519. The normalized spacial score (nSPS) is 37.5. The molecule has 0 bridgehead atoms. The van der Waals surface area contributed by atoms with Crippen LogP contribution in [0.4, 0.5) is 0 Å². The van der Waals surface area contributed by atoms with Gasteiger partial charge in [0.15, 0.2) is 0 Å². The molecule has 1 aliphatic rings. The van der Waals surface area contributed by atoms with Gasteiger partial charge < -0.3 is 0 Å². The molecule has 0 aliphatic carbocycles. The fourth-order valence-electron chi connectivity index (χ4n) is 1.56. The second-order valence-electron chi connectivity index (χ2n) is 3.61. The van der Waals surface area contributed by atoms with Crippen LogP contribution in [-0.2, 0) is 0 Å². The average molecular weight is 172 g/mol. The molecule has 0 saturated carbocycles. The highest BCUT2D eigenvalue weighted by Crippen LogP contribution is 2.18. The standard InChI is InChI=1S/C8H20N4/c1-7-8(2)10(4)12(6)11(5)9(7)3/h7-8H,1-6H3. The molecule has 1 fully saturated rings. The van der Waals surface area contributed by atoms with Gasteiger partial charge in [0.1, 0.15) is 0 Å². The molecule has 0 N–H and O–H groups in total. The van der Waals surface area contributed by atoms with Crippen molar-refractivity contribution in [1.82, 2.24) is 20.3 Å². The molecule has 0 aromatic rings. The van der Waals surface area contributed by atoms with Crippen LogP contribution in [0.1, 0.15) is 13.8 Å². The van der Waals surface area contributed by atoms with Crippen molar-refractivity contribution in [3.05, 3.63) is 0 Å². The van der Waals surface area contributed by atoms with Crippen LogP contribution in [0.3, 0.4) is 0 Å². The van der Waals surface area contributed by atoms with Crippen LogP contribution in [-0.4, -0.2) is 60.5 Å². The Labute approximate surface area is 75.2 Å². The Balaban J connectivity index is 2.76. The van der Waals surface area contributed by atoms with Crippen molar-refractivity contribution in [2.75, 3.05) is 28.2 Å². The average Bonchev–Trinajstić information content (AvgIpc) is 2.08. The molecule has 2 unspecified atom stereocenters. The van der Waals surface area contributed by atoms with Gasteiger partial charge in [-0.15, -0.1) is 0 Å². The number of likely N-dealkylation sites (N-methyl/N-ethyl adjacent to an activating group) is 2. The Kier molecular flexibility index (Phi) is 2.73. The lowest BCUT2D eigenvalue weighted by Gasteiger charge is -2.52. The van der Waals surface area contributed by atoms with Crippen molar-refractivity contribution in [1.29, 1.82) is 0 Å². The minimum absolute atomic E-state index is 0.552. The largest absolute Gasteiger partial charge is 0.226 e. The molecular weight excluding hydrogens is 152 g/mol. The van der Waals surface area contributed by atoms with E-state index in [1.165, 1.54) is 0 Å². The summed E-state index contributed by atoms with van der Waals surface area (Å²) in [6, 6.07) is 1.10. The molecule has 0 aromatic heterocycles. The zero-order valence-corrected chi connectivity index (χ0v) is 8.94. The number of nitrogens with zero attached hydrogens (tertiary/aromatic N) is 4. The fourth-order valence-corrected chi connectivity index (χ4v) is 1.56. The monoisotopic (exact) mass is 172 g/mol. The lowest BCUT2D eigenvalue weighted by atomic mass is 10.1. The SMILES string of the molecule is CC1C(C)N(C)N(C)N(C)N1C. The maximum absolute atomic E-state index is 2.24. The van der Waals surface area contributed by atoms with Gasteiger partial charge in [-0.1, -0.05) is 0 Å². The first kappa shape index (κ1) is 9.92. The van der Waals surface area contributed by atoms with Crippen molar-refractivity contribution >= 4 is 0 Å². The van der Waals surface area contributed by atoms with E-state index >= 15 is 0 Å². The first-order chi connectivity index (χ1) is 5.46. The third-order valence-corrected chi connectivity index (χ3v) is 3.21. The van der Waals surface area contributed by atoms with E-state index in [0.29, 0.717) is 12.1 Å². The summed E-state index contributed by atoms with van der Waals surface area (Å²) >= 11 is 0. The molecule has 0 aromatic carbocycles. The molecule has 12 heavy (non-hydrogen) atoms. The Hall–Kier alpha value is -0.160. The van der Waals surface area contributed by atoms with Gasteiger partial charge in [-0.2, -0.15) is 10.2 Å². The topological polar surface area (TPSA) is 13.0 Å². The van der Waals surface area contributed by atoms with Crippen LogP contribution >= 0.6 is 0 Å². The van der Waals surface area contributed by atoms with E-state index in [0.717, 1.165) is 0 Å². The summed E-state index contributed by atoms with van der Waals surface area (Å²) in [5, 5.41) is 8.71. The van der Waals surface area contributed by atoms with Gasteiger partial charge >= 0.3 is 0 Å². The van der Waals surface area contributed by atoms with Gasteiger partial charge in [-0.05, 0) is 13.8 Å². The van der Waals surface area contributed by atoms with E-state index in [1.807, 2.05) is 0 Å². The van der Waals surface area contributed by atoms with Crippen LogP contribution in [0.2, 0.25) is 0 Å². The lowest BCUT2D eigenvalue weighted by Crippen LogP contribution is -2.67. The summed E-state index contributed by atoms with van der Waals surface area (Å²) in [4.78, 5) is 0. The molecule has 1 saturated heterocycles. The minimum Gasteiger partial charge on any atom is -0.226 e. The lowest BCUT2D eigenvalue weighted by molar-refractivity contribution is -0.304. The van der Waals surface area contributed by atoms with Crippen molar-refractivity contribution < 1.29 is 0 Å². The molecule has 0 radical (unpaired) electrons. The molecule has 72 valence electrons. The highest BCUT2D eigenvalue weighted by atomic mass is 16.0. The number of hydrogen-bond acceptors (Lipinski definition) is 4. The summed E-state index contributed by atoms with van der Waals surface area (Å²) in [5.41, 5.74) is 0. The van der Waals surface area contributed by atoms with Crippen molar-refractivity contribution in [3.63, 3.8) is 0 Å². The third-order valence-electron chi connectivity index (χ3n) is 3.21. The maximum Gasteiger partial charge on any atom is 0.0395 e. The van der Waals surface area contributed by atoms with Gasteiger partial charge in [-0.3, -0.25) is 0 Å². The molecule has 2 atom stereocenters. The Morgan fingerprint density at radius 2 is 0.917 bits per heavy atom. The Morgan fingerprint density at radius 1 is 0.667 bits per heavy atom. The van der Waals surface area contributed by atoms with Crippen molar-refractivity contribution in [2.24, 2.45) is 0 Å². The molecule has 1 rings (SSSR count). The second-order valence-corrected chi connectivity index (χ2v) is 3.61. The number of hydrazine groups is 3. The van der Waals surface area contributed by atoms with Gasteiger partial charge in [0.05, 0.1) is 0 Å². The highest BCUT2D eigenvalue weighted by molar-refractivity contribution is 4.76. The summed E-state index contributed by atoms with van der Waals surface area (Å²) < 4.78 is 0. The zero-order chi connectivity index (χ0) is 9.46. The summed E-state index contributed by atoms with van der Waals surface area (Å²) in [7, 11) is 8.37. The predicted molar refractivity (Wildman–Crippen MR) is 50.0 cm³/mol. The molecule has 0 spiro atoms. The van der Waals surface area contributed by atoms with Crippen LogP contribution < -0.4 is 0 Å². The van der Waals surface area contributed by atoms with Gasteiger partial charge in [0.25, 0.3) is 0 Å². The van der Waals surface area contributed by atoms with E-state index in [4.69, 9.17) is 0 Å². The Bertz CT molecular complexity index is 103. The van der Waals surface area contributed by atoms with Crippen LogP contribution in [0.25, 0.3) is 0 Å². The summed E-state index contributed by atoms with van der Waals surface area (Å²) in [6.45, 7) is 4.48. The van der Waals surface area contributed by atoms with Gasteiger partial charge in [0, 0.05) is 40.3 Å². The number of rotatable bonds is 0. The predicted octanol–water partition coefficient (Wildman–Crippen LogP) is 0.249. The molecule has 4 heteroatoms. The minimum atomic E-state index is 0.552. The van der Waals surface area contributed by atoms with E-state index in [2.05, 4.69) is 62.3 Å². The molecule has 0 amide bonds. The van der Waals surface area contributed by atoms with E-state index in [1.54, 1.807) is 0 Å². The molecule has 1 aliphatic heterocycles. The molecule has 4 nitrogen and oxygen atoms in total. The number of hydrogen-bond donors (Lipinski definition) is 0. The summed E-state index contributed by atoms with van der Waals surface area (Å²) in [6.07, 6.45) is 0. The van der Waals surface area contributed by atoms with Crippen LogP contribution in [0, 0.1) is 0 Å². The molecular formula is C8H20N4. The van der Waals surface area contributed by atoms with Crippen molar-refractivity contribution in [3.8, 4) is 0 Å². The summed E-state index contributed by atoms with van der Waals surface area (Å²) in [5.74, 6) is 0. The molecule has 1 heterocycles. The Morgan fingerprint density at radius 3 is 1.17 bits per heavy atom. The van der Waals surface area contributed by atoms with Crippen molar-refractivity contribution in [2.45, 2.75) is 25.9 Å². The zero-order valence-electron chi connectivity index (χ0n) is 8.94.